The van der Waals surface area contributed by atoms with Crippen LogP contribution in [0.5, 0.6) is 0 Å². The van der Waals surface area contributed by atoms with Crippen LogP contribution >= 0.6 is 0 Å². The Morgan fingerprint density at radius 3 is 1.48 bits per heavy atom. The molecular formula is C20H34N4O. The molecule has 0 saturated heterocycles. The summed E-state index contributed by atoms with van der Waals surface area (Å²) in [6.07, 6.45) is 11.6. The smallest absolute Gasteiger partial charge is 0.0921 e. The molecule has 2 unspecified atom stereocenters. The number of aryl methyl sites for hydroxylation is 2. The molecule has 5 heteroatoms. The summed E-state index contributed by atoms with van der Waals surface area (Å²) in [6, 6.07) is 0. The van der Waals surface area contributed by atoms with Crippen LogP contribution in [0.3, 0.4) is 0 Å². The number of aromatic nitrogens is 4. The molecule has 2 heterocycles. The van der Waals surface area contributed by atoms with Crippen molar-refractivity contribution in [2.75, 3.05) is 0 Å². The van der Waals surface area contributed by atoms with Gasteiger partial charge in [0.25, 0.3) is 0 Å². The Hall–Kier alpha value is -1.62. The van der Waals surface area contributed by atoms with E-state index in [4.69, 9.17) is 4.74 Å². The lowest BCUT2D eigenvalue weighted by atomic mass is 9.82. The summed E-state index contributed by atoms with van der Waals surface area (Å²) in [5, 5.41) is 0. The van der Waals surface area contributed by atoms with Crippen molar-refractivity contribution in [2.45, 2.75) is 79.4 Å². The number of hydrogen-bond acceptors (Lipinski definition) is 3. The number of H-pyrrole nitrogens is 2. The molecule has 0 radical (unpaired) electrons. The summed E-state index contributed by atoms with van der Waals surface area (Å²) < 4.78 is 6.71. The lowest BCUT2D eigenvalue weighted by Crippen LogP contribution is -2.39. The predicted molar refractivity (Wildman–Crippen MR) is 101 cm³/mol. The van der Waals surface area contributed by atoms with Gasteiger partial charge in [-0.25, -0.2) is 9.97 Å². The van der Waals surface area contributed by atoms with E-state index in [-0.39, 0.29) is 23.0 Å². The average molecular weight is 347 g/mol. The minimum absolute atomic E-state index is 0.0948. The lowest BCUT2D eigenvalue weighted by molar-refractivity contribution is -0.112. The fraction of sp³-hybridized carbons (Fsp3) is 0.700. The van der Waals surface area contributed by atoms with E-state index < -0.39 is 0 Å². The molecule has 0 aliphatic carbocycles. The molecule has 140 valence electrons. The summed E-state index contributed by atoms with van der Waals surface area (Å²) in [6.45, 7) is 13.6. The molecule has 0 spiro atoms. The zero-order chi connectivity index (χ0) is 18.5. The van der Waals surface area contributed by atoms with Crippen LogP contribution in [-0.4, -0.2) is 32.1 Å². The summed E-state index contributed by atoms with van der Waals surface area (Å²) in [5.41, 5.74) is 2.53. The molecule has 0 saturated carbocycles. The number of aromatic amines is 2. The number of rotatable bonds is 8. The van der Waals surface area contributed by atoms with Crippen LogP contribution in [0.2, 0.25) is 0 Å². The Bertz CT molecular complexity index is 536. The SMILES string of the molecule is CC(C)(C)C(CCc1cnc[nH]1)OC(CCc1cnc[nH]1)C(C)(C)C. The van der Waals surface area contributed by atoms with Crippen LogP contribution in [-0.2, 0) is 17.6 Å². The van der Waals surface area contributed by atoms with Gasteiger partial charge < -0.3 is 14.7 Å². The van der Waals surface area contributed by atoms with E-state index in [1.54, 1.807) is 12.7 Å². The highest BCUT2D eigenvalue weighted by atomic mass is 16.5. The van der Waals surface area contributed by atoms with Gasteiger partial charge in [-0.1, -0.05) is 41.5 Å². The maximum atomic E-state index is 6.71. The van der Waals surface area contributed by atoms with Gasteiger partial charge in [0.1, 0.15) is 0 Å². The van der Waals surface area contributed by atoms with Crippen LogP contribution in [0.25, 0.3) is 0 Å². The van der Waals surface area contributed by atoms with Crippen molar-refractivity contribution in [2.24, 2.45) is 10.8 Å². The first-order valence-corrected chi connectivity index (χ1v) is 9.26. The molecule has 25 heavy (non-hydrogen) atoms. The molecule has 0 bridgehead atoms. The highest BCUT2D eigenvalue weighted by Crippen LogP contribution is 2.33. The van der Waals surface area contributed by atoms with E-state index in [0.29, 0.717) is 0 Å². The largest absolute Gasteiger partial charge is 0.374 e. The topological polar surface area (TPSA) is 66.6 Å². The van der Waals surface area contributed by atoms with Crippen molar-refractivity contribution in [3.63, 3.8) is 0 Å². The van der Waals surface area contributed by atoms with E-state index in [1.165, 1.54) is 11.4 Å². The van der Waals surface area contributed by atoms with Gasteiger partial charge in [-0.3, -0.25) is 0 Å². The average Bonchev–Trinajstić information content (AvgIpc) is 3.17. The Balaban J connectivity index is 2.02. The van der Waals surface area contributed by atoms with Crippen LogP contribution in [0.1, 0.15) is 65.8 Å². The number of nitrogens with one attached hydrogen (secondary N) is 2. The van der Waals surface area contributed by atoms with Crippen LogP contribution in [0, 0.1) is 10.8 Å². The standard InChI is InChI=1S/C20H34N4O/c1-19(2,3)17(9-7-15-11-21-13-23-15)25-18(20(4,5)6)10-8-16-12-22-14-24-16/h11-14,17-18H,7-10H2,1-6H3,(H,21,23)(H,22,24). The van der Waals surface area contributed by atoms with Crippen molar-refractivity contribution in [1.82, 2.24) is 19.9 Å². The van der Waals surface area contributed by atoms with Crippen molar-refractivity contribution in [1.29, 1.82) is 0 Å². The third-order valence-electron chi connectivity index (χ3n) is 4.72. The maximum absolute atomic E-state index is 6.71. The lowest BCUT2D eigenvalue weighted by Gasteiger charge is -2.39. The Kier molecular flexibility index (Phi) is 6.44. The molecule has 0 aliphatic heterocycles. The molecule has 0 aliphatic rings. The molecule has 2 N–H and O–H groups in total. The van der Waals surface area contributed by atoms with Crippen LogP contribution in [0.15, 0.2) is 25.0 Å². The molecule has 5 nitrogen and oxygen atoms in total. The van der Waals surface area contributed by atoms with Gasteiger partial charge in [-0.15, -0.1) is 0 Å². The molecular weight excluding hydrogens is 312 g/mol. The normalized spacial score (nSPS) is 15.3. The van der Waals surface area contributed by atoms with Crippen molar-refractivity contribution in [3.8, 4) is 0 Å². The third-order valence-corrected chi connectivity index (χ3v) is 4.72. The highest BCUT2D eigenvalue weighted by molar-refractivity contribution is 4.97. The van der Waals surface area contributed by atoms with Crippen molar-refractivity contribution in [3.05, 3.63) is 36.4 Å². The van der Waals surface area contributed by atoms with Crippen molar-refractivity contribution < 1.29 is 4.74 Å². The molecule has 2 aromatic rings. The predicted octanol–water partition coefficient (Wildman–Crippen LogP) is 4.54. The van der Waals surface area contributed by atoms with Gasteiger partial charge in [0.2, 0.25) is 0 Å². The Labute approximate surface area is 152 Å². The number of nitrogens with zero attached hydrogens (tertiary/aromatic N) is 2. The minimum Gasteiger partial charge on any atom is -0.374 e. The molecule has 0 amide bonds. The molecule has 0 fully saturated rings. The van der Waals surface area contributed by atoms with Crippen LogP contribution in [0.4, 0.5) is 0 Å². The maximum Gasteiger partial charge on any atom is 0.0921 e. The first-order valence-electron chi connectivity index (χ1n) is 9.26. The summed E-state index contributed by atoms with van der Waals surface area (Å²) >= 11 is 0. The van der Waals surface area contributed by atoms with Gasteiger partial charge in [0.05, 0.1) is 24.9 Å². The van der Waals surface area contributed by atoms with E-state index in [2.05, 4.69) is 61.5 Å². The van der Waals surface area contributed by atoms with E-state index in [1.807, 2.05) is 12.4 Å². The molecule has 2 atom stereocenters. The first kappa shape index (κ1) is 19.7. The summed E-state index contributed by atoms with van der Waals surface area (Å²) in [7, 11) is 0. The summed E-state index contributed by atoms with van der Waals surface area (Å²) in [5.74, 6) is 0. The zero-order valence-corrected chi connectivity index (χ0v) is 16.6. The number of hydrogen-bond donors (Lipinski definition) is 2. The minimum atomic E-state index is 0.0948. The van der Waals surface area contributed by atoms with E-state index in [9.17, 15) is 0 Å². The molecule has 2 aromatic heterocycles. The van der Waals surface area contributed by atoms with Gasteiger partial charge in [0, 0.05) is 23.8 Å². The molecule has 2 rings (SSSR count). The molecule has 0 aromatic carbocycles. The number of imidazole rings is 2. The fourth-order valence-electron chi connectivity index (χ4n) is 3.02. The van der Waals surface area contributed by atoms with Crippen molar-refractivity contribution >= 4 is 0 Å². The second-order valence-corrected chi connectivity index (χ2v) is 9.08. The van der Waals surface area contributed by atoms with Gasteiger partial charge in [0.15, 0.2) is 0 Å². The first-order chi connectivity index (χ1) is 11.7. The third kappa shape index (κ3) is 6.31. The van der Waals surface area contributed by atoms with E-state index in [0.717, 1.165) is 25.7 Å². The quantitative estimate of drug-likeness (QED) is 0.737. The Morgan fingerprint density at radius 2 is 1.20 bits per heavy atom. The zero-order valence-electron chi connectivity index (χ0n) is 16.6. The highest BCUT2D eigenvalue weighted by Gasteiger charge is 2.33. The second kappa shape index (κ2) is 8.17. The van der Waals surface area contributed by atoms with Gasteiger partial charge in [-0.05, 0) is 36.5 Å². The van der Waals surface area contributed by atoms with Gasteiger partial charge in [-0.2, -0.15) is 0 Å². The fourth-order valence-corrected chi connectivity index (χ4v) is 3.02. The summed E-state index contributed by atoms with van der Waals surface area (Å²) in [4.78, 5) is 14.6. The van der Waals surface area contributed by atoms with Crippen LogP contribution < -0.4 is 0 Å². The van der Waals surface area contributed by atoms with Gasteiger partial charge >= 0.3 is 0 Å². The second-order valence-electron chi connectivity index (χ2n) is 9.08. The monoisotopic (exact) mass is 346 g/mol. The Morgan fingerprint density at radius 1 is 0.800 bits per heavy atom. The van der Waals surface area contributed by atoms with E-state index >= 15 is 0 Å². The number of ether oxygens (including phenoxy) is 1.